The maximum Gasteiger partial charge on any atom is 0.239 e. The summed E-state index contributed by atoms with van der Waals surface area (Å²) in [5.74, 6) is -4.41. The topological polar surface area (TPSA) is 160 Å². The van der Waals surface area contributed by atoms with E-state index >= 15 is 0 Å². The summed E-state index contributed by atoms with van der Waals surface area (Å²) in [6, 6.07) is 5.78. The number of sulfonamides is 2. The molecule has 17 heteroatoms. The lowest BCUT2D eigenvalue weighted by atomic mass is 9.93. The van der Waals surface area contributed by atoms with Gasteiger partial charge >= 0.3 is 0 Å². The van der Waals surface area contributed by atoms with Crippen molar-refractivity contribution in [2.75, 3.05) is 25.6 Å². The highest BCUT2D eigenvalue weighted by Crippen LogP contribution is 2.33. The molecule has 10 nitrogen and oxygen atoms in total. The minimum Gasteiger partial charge on any atom is -0.376 e. The van der Waals surface area contributed by atoms with Crippen LogP contribution in [0.1, 0.15) is 25.0 Å². The van der Waals surface area contributed by atoms with Crippen LogP contribution in [0.5, 0.6) is 0 Å². The second kappa shape index (κ2) is 11.6. The molecule has 0 saturated carbocycles. The van der Waals surface area contributed by atoms with Crippen LogP contribution in [0.2, 0.25) is 0 Å². The second-order valence-electron chi connectivity index (χ2n) is 9.00. The summed E-state index contributed by atoms with van der Waals surface area (Å²) in [5, 5.41) is 2.36. The number of benzene rings is 2. The van der Waals surface area contributed by atoms with Gasteiger partial charge in [0.05, 0.1) is 17.0 Å². The van der Waals surface area contributed by atoms with Gasteiger partial charge in [0.1, 0.15) is 28.8 Å². The maximum absolute atomic E-state index is 13.9. The number of thiocarbonyl (C=S) groups is 1. The molecular weight excluding hydrogens is 584 g/mol. The lowest BCUT2D eigenvalue weighted by Crippen LogP contribution is -2.52. The van der Waals surface area contributed by atoms with Gasteiger partial charge < -0.3 is 16.8 Å². The third-order valence-electron chi connectivity index (χ3n) is 5.79. The zero-order chi connectivity index (χ0) is 30.0. The van der Waals surface area contributed by atoms with Crippen LogP contribution >= 0.6 is 12.2 Å². The van der Waals surface area contributed by atoms with E-state index in [1.165, 1.54) is 34.0 Å². The SMILES string of the molecule is CN1C(N)=N[C@](C)(c2ccc(F)cc2F)CS1(=O)=O.CNS(=O)(=O)C[C@](C)(NC(N)=S)c1ccc(F)cc1F. The Labute approximate surface area is 229 Å². The molecule has 1 aliphatic rings. The molecule has 0 aromatic heterocycles. The van der Waals surface area contributed by atoms with Crippen molar-refractivity contribution in [2.24, 2.45) is 16.5 Å². The van der Waals surface area contributed by atoms with E-state index in [2.05, 4.69) is 15.0 Å². The molecule has 0 saturated heterocycles. The molecule has 0 spiro atoms. The molecule has 0 amide bonds. The normalized spacial score (nSPS) is 20.2. The Kier molecular flexibility index (Phi) is 9.58. The lowest BCUT2D eigenvalue weighted by Gasteiger charge is -2.34. The van der Waals surface area contributed by atoms with Gasteiger partial charge in [-0.25, -0.2) is 48.4 Å². The smallest absolute Gasteiger partial charge is 0.239 e. The predicted molar refractivity (Wildman–Crippen MR) is 143 cm³/mol. The zero-order valence-electron chi connectivity index (χ0n) is 21.3. The summed E-state index contributed by atoms with van der Waals surface area (Å²) in [6.45, 7) is 2.86. The maximum atomic E-state index is 13.9. The molecular formula is C22H28F4N6O4S3. The third-order valence-corrected chi connectivity index (χ3v) is 9.42. The zero-order valence-corrected chi connectivity index (χ0v) is 23.7. The van der Waals surface area contributed by atoms with E-state index in [1.807, 2.05) is 0 Å². The van der Waals surface area contributed by atoms with Crippen LogP contribution in [-0.2, 0) is 31.1 Å². The highest BCUT2D eigenvalue weighted by atomic mass is 32.2. The van der Waals surface area contributed by atoms with Crippen molar-refractivity contribution >= 4 is 43.3 Å². The van der Waals surface area contributed by atoms with E-state index in [0.717, 1.165) is 22.5 Å². The number of nitrogens with zero attached hydrogens (tertiary/aromatic N) is 2. The minimum atomic E-state index is -3.69. The molecule has 2 aromatic carbocycles. The van der Waals surface area contributed by atoms with Crippen molar-refractivity contribution in [3.05, 3.63) is 70.8 Å². The van der Waals surface area contributed by atoms with Crippen molar-refractivity contribution in [3.8, 4) is 0 Å². The van der Waals surface area contributed by atoms with Crippen molar-refractivity contribution in [1.82, 2.24) is 14.3 Å². The Morgan fingerprint density at radius 1 is 1.15 bits per heavy atom. The van der Waals surface area contributed by atoms with Gasteiger partial charge in [0.25, 0.3) is 0 Å². The molecule has 2 aromatic rings. The number of aliphatic imine (C=N–C) groups is 1. The summed E-state index contributed by atoms with van der Waals surface area (Å²) in [6.07, 6.45) is 0. The van der Waals surface area contributed by atoms with Gasteiger partial charge in [0.15, 0.2) is 5.11 Å². The van der Waals surface area contributed by atoms with E-state index in [9.17, 15) is 34.4 Å². The van der Waals surface area contributed by atoms with Gasteiger partial charge in [-0.1, -0.05) is 12.1 Å². The summed E-state index contributed by atoms with van der Waals surface area (Å²) in [4.78, 5) is 4.03. The van der Waals surface area contributed by atoms with Crippen LogP contribution < -0.4 is 21.5 Å². The van der Waals surface area contributed by atoms with Crippen molar-refractivity contribution < 1.29 is 34.4 Å². The monoisotopic (exact) mass is 612 g/mol. The van der Waals surface area contributed by atoms with Crippen LogP contribution in [0.15, 0.2) is 41.4 Å². The molecule has 216 valence electrons. The Morgan fingerprint density at radius 3 is 2.15 bits per heavy atom. The molecule has 2 atom stereocenters. The number of hydrogen-bond donors (Lipinski definition) is 4. The van der Waals surface area contributed by atoms with Crippen LogP contribution in [0.4, 0.5) is 17.6 Å². The first-order valence-electron chi connectivity index (χ1n) is 11.0. The molecule has 3 rings (SSSR count). The fourth-order valence-corrected chi connectivity index (χ4v) is 6.66. The number of nitrogens with two attached hydrogens (primary N) is 2. The molecule has 0 fully saturated rings. The molecule has 0 radical (unpaired) electrons. The van der Waals surface area contributed by atoms with Gasteiger partial charge in [-0.3, -0.25) is 0 Å². The number of halogens is 4. The highest BCUT2D eigenvalue weighted by molar-refractivity contribution is 7.89. The van der Waals surface area contributed by atoms with Crippen LogP contribution in [0.3, 0.4) is 0 Å². The first-order chi connectivity index (χ1) is 17.7. The first kappa shape index (κ1) is 32.2. The average Bonchev–Trinajstić information content (AvgIpc) is 2.76. The fourth-order valence-electron chi connectivity index (χ4n) is 3.86. The lowest BCUT2D eigenvalue weighted by molar-refractivity contribution is 0.444. The Balaban J connectivity index is 0.000000274. The van der Waals surface area contributed by atoms with Crippen molar-refractivity contribution in [3.63, 3.8) is 0 Å². The van der Waals surface area contributed by atoms with Gasteiger partial charge in [-0.2, -0.15) is 0 Å². The van der Waals surface area contributed by atoms with E-state index in [1.54, 1.807) is 0 Å². The molecule has 0 bridgehead atoms. The van der Waals surface area contributed by atoms with Crippen molar-refractivity contribution in [1.29, 1.82) is 0 Å². The van der Waals surface area contributed by atoms with Crippen LogP contribution in [-0.4, -0.2) is 57.8 Å². The van der Waals surface area contributed by atoms with E-state index in [-0.39, 0.29) is 22.2 Å². The van der Waals surface area contributed by atoms with E-state index in [4.69, 9.17) is 23.7 Å². The second-order valence-corrected chi connectivity index (χ2v) is 13.4. The number of hydrogen-bond acceptors (Lipinski definition) is 7. The molecule has 1 heterocycles. The van der Waals surface area contributed by atoms with Gasteiger partial charge in [0, 0.05) is 30.3 Å². The standard InChI is InChI=1S/C11H15F2N3O2S2.C11H13F2N3O2S/c1-11(16-10(14)19,6-20(17,18)15-2)8-4-3-7(12)5-9(8)13;1-11(8-4-3-7(12)5-9(8)13)6-19(17,18)16(2)10(14)15-11/h3-5,15H,6H2,1-2H3,(H3,14,16,19);3-5H,6H2,1-2H3,(H2,14,15)/t2*11-/m00/s1. The quantitative estimate of drug-likeness (QED) is 0.281. The van der Waals surface area contributed by atoms with Gasteiger partial charge in [0.2, 0.25) is 26.0 Å². The Bertz CT molecular complexity index is 1510. The van der Waals surface area contributed by atoms with Gasteiger partial charge in [-0.05, 0) is 45.2 Å². The average molecular weight is 613 g/mol. The summed E-state index contributed by atoms with van der Waals surface area (Å²) in [5.41, 5.74) is 8.06. The molecule has 6 N–H and O–H groups in total. The van der Waals surface area contributed by atoms with E-state index in [0.29, 0.717) is 12.1 Å². The van der Waals surface area contributed by atoms with Crippen molar-refractivity contribution in [2.45, 2.75) is 24.9 Å². The van der Waals surface area contributed by atoms with E-state index < -0.39 is 65.9 Å². The summed E-state index contributed by atoms with van der Waals surface area (Å²) < 4.78 is 104. The summed E-state index contributed by atoms with van der Waals surface area (Å²) >= 11 is 4.69. The third kappa shape index (κ3) is 7.77. The minimum absolute atomic E-state index is 0.00600. The Hall–Kier alpha value is -3.02. The van der Waals surface area contributed by atoms with Gasteiger partial charge in [-0.15, -0.1) is 0 Å². The largest absolute Gasteiger partial charge is 0.376 e. The van der Waals surface area contributed by atoms with Crippen LogP contribution in [0, 0.1) is 23.3 Å². The number of guanidine groups is 1. The predicted octanol–water partition coefficient (Wildman–Crippen LogP) is 1.33. The number of nitrogens with one attached hydrogen (secondary N) is 2. The first-order valence-corrected chi connectivity index (χ1v) is 14.6. The number of rotatable bonds is 6. The highest BCUT2D eigenvalue weighted by Gasteiger charge is 2.41. The van der Waals surface area contributed by atoms with Crippen LogP contribution in [0.25, 0.3) is 0 Å². The summed E-state index contributed by atoms with van der Waals surface area (Å²) in [7, 11) is -4.86. The fraction of sp³-hybridized carbons (Fsp3) is 0.364. The molecule has 1 aliphatic heterocycles. The Morgan fingerprint density at radius 2 is 1.69 bits per heavy atom. The molecule has 39 heavy (non-hydrogen) atoms. The molecule has 0 aliphatic carbocycles. The molecule has 0 unspecified atom stereocenters.